The van der Waals surface area contributed by atoms with Crippen molar-refractivity contribution in [3.63, 3.8) is 0 Å². The zero-order valence-corrected chi connectivity index (χ0v) is 19.7. The molecular weight excluding hydrogens is 447 g/mol. The van der Waals surface area contributed by atoms with Gasteiger partial charge in [-0.15, -0.1) is 0 Å². The Labute approximate surface area is 194 Å². The second kappa shape index (κ2) is 12.0. The fourth-order valence-electron chi connectivity index (χ4n) is 3.80. The number of nitrogens with zero attached hydrogens (tertiary/aromatic N) is 1. The number of hydrogen-bond donors (Lipinski definition) is 1. The van der Waals surface area contributed by atoms with Gasteiger partial charge in [-0.3, -0.25) is 9.10 Å². The van der Waals surface area contributed by atoms with Crippen molar-refractivity contribution in [1.82, 2.24) is 5.32 Å². The smallest absolute Gasteiger partial charge is 0.264 e. The summed E-state index contributed by atoms with van der Waals surface area (Å²) >= 11 is 0. The fourth-order valence-corrected chi connectivity index (χ4v) is 5.23. The SMILES string of the molecule is COc1ccc(S(=O)(=O)N(CC(=O)NCCCOC2CCCCC2)c2ccccc2F)cc1. The van der Waals surface area contributed by atoms with Crippen molar-refractivity contribution in [3.05, 3.63) is 54.3 Å². The molecule has 180 valence electrons. The first-order chi connectivity index (χ1) is 15.9. The molecule has 0 spiro atoms. The van der Waals surface area contributed by atoms with Crippen molar-refractivity contribution in [2.24, 2.45) is 0 Å². The molecular formula is C24H31FN2O5S. The second-order valence-electron chi connectivity index (χ2n) is 7.97. The summed E-state index contributed by atoms with van der Waals surface area (Å²) in [6, 6.07) is 11.2. The van der Waals surface area contributed by atoms with Gasteiger partial charge in [0.25, 0.3) is 10.0 Å². The molecule has 1 N–H and O–H groups in total. The van der Waals surface area contributed by atoms with E-state index in [-0.39, 0.29) is 10.6 Å². The number of benzene rings is 2. The summed E-state index contributed by atoms with van der Waals surface area (Å²) in [5.74, 6) is -0.768. The van der Waals surface area contributed by atoms with Crippen molar-refractivity contribution in [2.75, 3.05) is 31.1 Å². The van der Waals surface area contributed by atoms with Crippen LogP contribution in [0.2, 0.25) is 0 Å². The number of sulfonamides is 1. The van der Waals surface area contributed by atoms with Gasteiger partial charge in [0.15, 0.2) is 0 Å². The first-order valence-corrected chi connectivity index (χ1v) is 12.7. The van der Waals surface area contributed by atoms with E-state index in [1.807, 2.05) is 0 Å². The number of methoxy groups -OCH3 is 1. The fraction of sp³-hybridized carbons (Fsp3) is 0.458. The summed E-state index contributed by atoms with van der Waals surface area (Å²) in [5, 5.41) is 2.71. The van der Waals surface area contributed by atoms with Gasteiger partial charge in [-0.05, 0) is 55.7 Å². The molecule has 9 heteroatoms. The minimum Gasteiger partial charge on any atom is -0.497 e. The Bertz CT molecular complexity index is 1010. The Kier molecular flexibility index (Phi) is 9.08. The maximum atomic E-state index is 14.5. The Morgan fingerprint density at radius 2 is 1.79 bits per heavy atom. The summed E-state index contributed by atoms with van der Waals surface area (Å²) in [5.41, 5.74) is -0.191. The molecule has 0 saturated heterocycles. The van der Waals surface area contributed by atoms with Crippen molar-refractivity contribution >= 4 is 21.6 Å². The minimum atomic E-state index is -4.19. The molecule has 0 aliphatic heterocycles. The molecule has 2 aromatic rings. The summed E-state index contributed by atoms with van der Waals surface area (Å²) < 4.78 is 52.8. The van der Waals surface area contributed by atoms with E-state index in [1.165, 1.54) is 68.8 Å². The molecule has 1 amide bonds. The predicted octanol–water partition coefficient (Wildman–Crippen LogP) is 3.89. The molecule has 7 nitrogen and oxygen atoms in total. The van der Waals surface area contributed by atoms with E-state index in [1.54, 1.807) is 0 Å². The Morgan fingerprint density at radius 3 is 2.45 bits per heavy atom. The third-order valence-electron chi connectivity index (χ3n) is 5.60. The van der Waals surface area contributed by atoms with Crippen molar-refractivity contribution < 1.29 is 27.1 Å². The van der Waals surface area contributed by atoms with Gasteiger partial charge in [-0.25, -0.2) is 12.8 Å². The van der Waals surface area contributed by atoms with Crippen LogP contribution >= 0.6 is 0 Å². The first-order valence-electron chi connectivity index (χ1n) is 11.2. The summed E-state index contributed by atoms with van der Waals surface area (Å²) in [4.78, 5) is 12.5. The highest BCUT2D eigenvalue weighted by Gasteiger charge is 2.29. The van der Waals surface area contributed by atoms with Gasteiger partial charge in [-0.2, -0.15) is 0 Å². The van der Waals surface area contributed by atoms with Gasteiger partial charge in [0, 0.05) is 13.2 Å². The van der Waals surface area contributed by atoms with Gasteiger partial charge in [-0.1, -0.05) is 31.4 Å². The van der Waals surface area contributed by atoms with Gasteiger partial charge in [0.2, 0.25) is 5.91 Å². The van der Waals surface area contributed by atoms with Gasteiger partial charge in [0.05, 0.1) is 23.8 Å². The van der Waals surface area contributed by atoms with Crippen LogP contribution < -0.4 is 14.4 Å². The van der Waals surface area contributed by atoms with Crippen LogP contribution in [0.15, 0.2) is 53.4 Å². The molecule has 0 aromatic heterocycles. The van der Waals surface area contributed by atoms with E-state index < -0.39 is 28.3 Å². The van der Waals surface area contributed by atoms with E-state index in [4.69, 9.17) is 9.47 Å². The maximum absolute atomic E-state index is 14.5. The minimum absolute atomic E-state index is 0.0692. The number of rotatable bonds is 11. The van der Waals surface area contributed by atoms with Crippen molar-refractivity contribution in [2.45, 2.75) is 49.5 Å². The van der Waals surface area contributed by atoms with E-state index in [0.717, 1.165) is 23.2 Å². The molecule has 1 fully saturated rings. The van der Waals surface area contributed by atoms with Crippen LogP contribution in [-0.2, 0) is 19.6 Å². The Balaban J connectivity index is 1.64. The second-order valence-corrected chi connectivity index (χ2v) is 9.84. The number of carbonyl (C=O) groups excluding carboxylic acids is 1. The zero-order valence-electron chi connectivity index (χ0n) is 18.8. The highest BCUT2D eigenvalue weighted by atomic mass is 32.2. The molecule has 0 unspecified atom stereocenters. The van der Waals surface area contributed by atoms with E-state index in [9.17, 15) is 17.6 Å². The summed E-state index contributed by atoms with van der Waals surface area (Å²) in [7, 11) is -2.72. The lowest BCUT2D eigenvalue weighted by molar-refractivity contribution is -0.119. The lowest BCUT2D eigenvalue weighted by Crippen LogP contribution is -2.41. The standard InChI is InChI=1S/C24H31FN2O5S/c1-31-19-12-14-21(15-13-19)33(29,30)27(23-11-6-5-10-22(23)25)18-24(28)26-16-7-17-32-20-8-3-2-4-9-20/h5-6,10-15,20H,2-4,7-9,16-18H2,1H3,(H,26,28). The monoisotopic (exact) mass is 478 g/mol. The van der Waals surface area contributed by atoms with Gasteiger partial charge in [0.1, 0.15) is 18.1 Å². The number of carbonyl (C=O) groups is 1. The van der Waals surface area contributed by atoms with Crippen LogP contribution in [0.1, 0.15) is 38.5 Å². The number of amides is 1. The summed E-state index contributed by atoms with van der Waals surface area (Å²) in [6.07, 6.45) is 6.70. The van der Waals surface area contributed by atoms with Crippen LogP contribution in [0.5, 0.6) is 5.75 Å². The number of hydrogen-bond acceptors (Lipinski definition) is 5. The average molecular weight is 479 g/mol. The predicted molar refractivity (Wildman–Crippen MR) is 124 cm³/mol. The van der Waals surface area contributed by atoms with Crippen molar-refractivity contribution in [1.29, 1.82) is 0 Å². The molecule has 0 bridgehead atoms. The van der Waals surface area contributed by atoms with Crippen LogP contribution in [0, 0.1) is 5.82 Å². The van der Waals surface area contributed by atoms with Gasteiger partial charge >= 0.3 is 0 Å². The number of nitrogens with one attached hydrogen (secondary N) is 1. The summed E-state index contributed by atoms with van der Waals surface area (Å²) in [6.45, 7) is 0.337. The number of para-hydroxylation sites is 1. The molecule has 2 aromatic carbocycles. The average Bonchev–Trinajstić information content (AvgIpc) is 2.83. The number of ether oxygens (including phenoxy) is 2. The van der Waals surface area contributed by atoms with Crippen LogP contribution in [-0.4, -0.2) is 47.2 Å². The topological polar surface area (TPSA) is 84.9 Å². The van der Waals surface area contributed by atoms with Crippen LogP contribution in [0.4, 0.5) is 10.1 Å². The number of halogens is 1. The highest BCUT2D eigenvalue weighted by Crippen LogP contribution is 2.27. The van der Waals surface area contributed by atoms with Crippen LogP contribution in [0.25, 0.3) is 0 Å². The molecule has 3 rings (SSSR count). The number of anilines is 1. The quantitative estimate of drug-likeness (QED) is 0.496. The lowest BCUT2D eigenvalue weighted by atomic mass is 9.98. The largest absolute Gasteiger partial charge is 0.497 e. The maximum Gasteiger partial charge on any atom is 0.264 e. The lowest BCUT2D eigenvalue weighted by Gasteiger charge is -2.24. The third kappa shape index (κ3) is 6.91. The molecule has 0 heterocycles. The van der Waals surface area contributed by atoms with E-state index >= 15 is 0 Å². The van der Waals surface area contributed by atoms with Crippen molar-refractivity contribution in [3.8, 4) is 5.75 Å². The van der Waals surface area contributed by atoms with Gasteiger partial charge < -0.3 is 14.8 Å². The molecule has 1 saturated carbocycles. The molecule has 0 atom stereocenters. The third-order valence-corrected chi connectivity index (χ3v) is 7.38. The molecule has 0 radical (unpaired) electrons. The van der Waals surface area contributed by atoms with Crippen LogP contribution in [0.3, 0.4) is 0 Å². The molecule has 33 heavy (non-hydrogen) atoms. The Morgan fingerprint density at radius 1 is 1.09 bits per heavy atom. The first kappa shape index (κ1) is 25.0. The molecule has 1 aliphatic carbocycles. The van der Waals surface area contributed by atoms with E-state index in [0.29, 0.717) is 31.4 Å². The Hall–Kier alpha value is -2.65. The molecule has 1 aliphatic rings. The normalized spacial score (nSPS) is 14.6. The highest BCUT2D eigenvalue weighted by molar-refractivity contribution is 7.92. The zero-order chi connectivity index (χ0) is 23.7. The van der Waals surface area contributed by atoms with E-state index in [2.05, 4.69) is 5.32 Å².